The van der Waals surface area contributed by atoms with Crippen molar-refractivity contribution in [3.8, 4) is 11.1 Å². The maximum absolute atomic E-state index is 13.0. The molecule has 0 aliphatic carbocycles. The van der Waals surface area contributed by atoms with Crippen LogP contribution in [0.4, 0.5) is 5.69 Å². The summed E-state index contributed by atoms with van der Waals surface area (Å²) in [6.45, 7) is 8.11. The lowest BCUT2D eigenvalue weighted by Gasteiger charge is -2.38. The first-order valence-corrected chi connectivity index (χ1v) is 11.4. The highest BCUT2D eigenvalue weighted by molar-refractivity contribution is 5.98. The molecule has 170 valence electrons. The summed E-state index contributed by atoms with van der Waals surface area (Å²) in [5.41, 5.74) is 2.89. The summed E-state index contributed by atoms with van der Waals surface area (Å²) in [5, 5.41) is 3.11. The first-order chi connectivity index (χ1) is 15.6. The monoisotopic (exact) mass is 436 g/mol. The van der Waals surface area contributed by atoms with Gasteiger partial charge in [0.1, 0.15) is 0 Å². The molecule has 2 fully saturated rings. The number of ether oxygens (including phenoxy) is 1. The number of amides is 2. The predicted octanol–water partition coefficient (Wildman–Crippen LogP) is 2.16. The molecule has 1 unspecified atom stereocenters. The Morgan fingerprint density at radius 3 is 2.28 bits per heavy atom. The average Bonchev–Trinajstić information content (AvgIpc) is 2.85. The zero-order valence-corrected chi connectivity index (χ0v) is 18.7. The molecule has 1 atom stereocenters. The fraction of sp³-hybridized carbons (Fsp3) is 0.440. The number of carbonyl (C=O) groups excluding carboxylic acids is 2. The number of para-hydroxylation sites is 1. The molecule has 0 bridgehead atoms. The largest absolute Gasteiger partial charge is 0.379 e. The Balaban J connectivity index is 1.31. The Morgan fingerprint density at radius 1 is 0.906 bits per heavy atom. The van der Waals surface area contributed by atoms with Crippen LogP contribution in [-0.4, -0.2) is 91.6 Å². The van der Waals surface area contributed by atoms with Crippen molar-refractivity contribution < 1.29 is 14.3 Å². The molecule has 0 radical (unpaired) electrons. The van der Waals surface area contributed by atoms with Crippen LogP contribution in [0.25, 0.3) is 11.1 Å². The lowest BCUT2D eigenvalue weighted by atomic mass is 10.0. The molecule has 7 heteroatoms. The molecule has 32 heavy (non-hydrogen) atoms. The third kappa shape index (κ3) is 5.54. The van der Waals surface area contributed by atoms with Crippen LogP contribution in [0.5, 0.6) is 0 Å². The minimum absolute atomic E-state index is 0.0264. The number of benzene rings is 2. The van der Waals surface area contributed by atoms with Gasteiger partial charge in [-0.25, -0.2) is 0 Å². The number of hydrogen-bond acceptors (Lipinski definition) is 5. The van der Waals surface area contributed by atoms with Gasteiger partial charge in [0.05, 0.1) is 25.8 Å². The van der Waals surface area contributed by atoms with E-state index in [9.17, 15) is 9.59 Å². The van der Waals surface area contributed by atoms with Crippen LogP contribution in [-0.2, 0) is 14.3 Å². The van der Waals surface area contributed by atoms with E-state index in [1.165, 1.54) is 0 Å². The van der Waals surface area contributed by atoms with Crippen molar-refractivity contribution in [3.05, 3.63) is 54.6 Å². The maximum atomic E-state index is 13.0. The summed E-state index contributed by atoms with van der Waals surface area (Å²) >= 11 is 0. The van der Waals surface area contributed by atoms with E-state index < -0.39 is 0 Å². The molecule has 0 spiro atoms. The average molecular weight is 437 g/mol. The van der Waals surface area contributed by atoms with E-state index in [0.29, 0.717) is 45.9 Å². The van der Waals surface area contributed by atoms with E-state index in [-0.39, 0.29) is 17.9 Å². The first kappa shape index (κ1) is 22.5. The second-order valence-electron chi connectivity index (χ2n) is 8.38. The minimum atomic E-state index is -0.268. The number of piperazine rings is 1. The maximum Gasteiger partial charge on any atom is 0.241 e. The van der Waals surface area contributed by atoms with Gasteiger partial charge in [0.2, 0.25) is 11.8 Å². The van der Waals surface area contributed by atoms with Crippen molar-refractivity contribution in [2.75, 3.05) is 64.3 Å². The summed E-state index contributed by atoms with van der Waals surface area (Å²) in [5.74, 6) is 0.141. The number of hydrogen-bond donors (Lipinski definition) is 1. The molecule has 2 saturated heterocycles. The Hall–Kier alpha value is -2.74. The van der Waals surface area contributed by atoms with Gasteiger partial charge in [-0.05, 0) is 18.6 Å². The zero-order chi connectivity index (χ0) is 22.3. The van der Waals surface area contributed by atoms with Gasteiger partial charge in [-0.2, -0.15) is 0 Å². The van der Waals surface area contributed by atoms with Gasteiger partial charge in [0, 0.05) is 50.5 Å². The lowest BCUT2D eigenvalue weighted by molar-refractivity contribution is -0.135. The SMILES string of the molecule is CC(C(=O)Nc1ccccc1-c1ccccc1)N1CCN(C(=O)CN2CCOCC2)CC1. The van der Waals surface area contributed by atoms with Gasteiger partial charge in [-0.15, -0.1) is 0 Å². The van der Waals surface area contributed by atoms with Crippen molar-refractivity contribution in [3.63, 3.8) is 0 Å². The molecule has 4 rings (SSSR count). The third-order valence-corrected chi connectivity index (χ3v) is 6.33. The molecule has 2 heterocycles. The van der Waals surface area contributed by atoms with Crippen LogP contribution in [0.3, 0.4) is 0 Å². The molecule has 2 aromatic rings. The van der Waals surface area contributed by atoms with Crippen LogP contribution in [0.2, 0.25) is 0 Å². The van der Waals surface area contributed by atoms with Crippen LogP contribution < -0.4 is 5.32 Å². The van der Waals surface area contributed by atoms with Gasteiger partial charge in [0.15, 0.2) is 0 Å². The van der Waals surface area contributed by atoms with Gasteiger partial charge in [0.25, 0.3) is 0 Å². The summed E-state index contributed by atoms with van der Waals surface area (Å²) in [4.78, 5) is 31.9. The number of rotatable bonds is 6. The van der Waals surface area contributed by atoms with Crippen molar-refractivity contribution in [2.24, 2.45) is 0 Å². The van der Waals surface area contributed by atoms with Gasteiger partial charge in [-0.1, -0.05) is 48.5 Å². The molecule has 7 nitrogen and oxygen atoms in total. The normalized spacial score (nSPS) is 18.8. The Morgan fingerprint density at radius 2 is 1.56 bits per heavy atom. The Bertz CT molecular complexity index is 906. The number of nitrogens with one attached hydrogen (secondary N) is 1. The standard InChI is InChI=1S/C25H32N4O3/c1-20(25(31)26-23-10-6-5-9-22(23)21-7-3-2-4-8-21)28-11-13-29(14-12-28)24(30)19-27-15-17-32-18-16-27/h2-10,20H,11-19H2,1H3,(H,26,31). The summed E-state index contributed by atoms with van der Waals surface area (Å²) in [6.07, 6.45) is 0. The molecular weight excluding hydrogens is 404 g/mol. The quantitative estimate of drug-likeness (QED) is 0.752. The Labute approximate surface area is 189 Å². The lowest BCUT2D eigenvalue weighted by Crippen LogP contribution is -2.55. The van der Waals surface area contributed by atoms with Gasteiger partial charge in [-0.3, -0.25) is 19.4 Å². The number of anilines is 1. The third-order valence-electron chi connectivity index (χ3n) is 6.33. The smallest absolute Gasteiger partial charge is 0.241 e. The zero-order valence-electron chi connectivity index (χ0n) is 18.7. The van der Waals surface area contributed by atoms with E-state index in [2.05, 4.69) is 15.1 Å². The number of nitrogens with zero attached hydrogens (tertiary/aromatic N) is 3. The number of carbonyl (C=O) groups is 2. The van der Waals surface area contributed by atoms with E-state index in [1.807, 2.05) is 66.4 Å². The van der Waals surface area contributed by atoms with Crippen LogP contribution in [0, 0.1) is 0 Å². The fourth-order valence-electron chi connectivity index (χ4n) is 4.27. The molecule has 2 aliphatic heterocycles. The molecule has 0 saturated carbocycles. The Kier molecular flexibility index (Phi) is 7.52. The van der Waals surface area contributed by atoms with E-state index >= 15 is 0 Å². The molecule has 2 amide bonds. The highest BCUT2D eigenvalue weighted by Gasteiger charge is 2.28. The molecule has 0 aromatic heterocycles. The molecule has 2 aromatic carbocycles. The summed E-state index contributed by atoms with van der Waals surface area (Å²) in [7, 11) is 0. The highest BCUT2D eigenvalue weighted by atomic mass is 16.5. The highest BCUT2D eigenvalue weighted by Crippen LogP contribution is 2.27. The topological polar surface area (TPSA) is 65.1 Å². The van der Waals surface area contributed by atoms with Crippen LogP contribution >= 0.6 is 0 Å². The van der Waals surface area contributed by atoms with E-state index in [1.54, 1.807) is 0 Å². The van der Waals surface area contributed by atoms with Crippen molar-refractivity contribution in [2.45, 2.75) is 13.0 Å². The summed E-state index contributed by atoms with van der Waals surface area (Å²) in [6, 6.07) is 17.7. The second kappa shape index (κ2) is 10.7. The van der Waals surface area contributed by atoms with Crippen molar-refractivity contribution in [1.82, 2.24) is 14.7 Å². The minimum Gasteiger partial charge on any atom is -0.379 e. The first-order valence-electron chi connectivity index (χ1n) is 11.4. The summed E-state index contributed by atoms with van der Waals surface area (Å²) < 4.78 is 5.35. The van der Waals surface area contributed by atoms with Crippen molar-refractivity contribution >= 4 is 17.5 Å². The fourth-order valence-corrected chi connectivity index (χ4v) is 4.27. The van der Waals surface area contributed by atoms with E-state index in [0.717, 1.165) is 29.9 Å². The van der Waals surface area contributed by atoms with Crippen molar-refractivity contribution in [1.29, 1.82) is 0 Å². The van der Waals surface area contributed by atoms with Crippen LogP contribution in [0.15, 0.2) is 54.6 Å². The molecule has 2 aliphatic rings. The number of morpholine rings is 1. The molecule has 1 N–H and O–H groups in total. The van der Waals surface area contributed by atoms with E-state index in [4.69, 9.17) is 4.74 Å². The van der Waals surface area contributed by atoms with Gasteiger partial charge < -0.3 is 15.0 Å². The molecular formula is C25H32N4O3. The second-order valence-corrected chi connectivity index (χ2v) is 8.38. The van der Waals surface area contributed by atoms with Gasteiger partial charge >= 0.3 is 0 Å². The van der Waals surface area contributed by atoms with Crippen LogP contribution in [0.1, 0.15) is 6.92 Å². The predicted molar refractivity (Wildman–Crippen MR) is 125 cm³/mol.